The highest BCUT2D eigenvalue weighted by atomic mass is 19.1. The first-order valence-corrected chi connectivity index (χ1v) is 10.9. The zero-order chi connectivity index (χ0) is 22.3. The van der Waals surface area contributed by atoms with Crippen LogP contribution in [0.5, 0.6) is 0 Å². The predicted octanol–water partition coefficient (Wildman–Crippen LogP) is 4.59. The van der Waals surface area contributed by atoms with Crippen LogP contribution in [-0.4, -0.2) is 40.5 Å². The topological polar surface area (TPSA) is 67.4 Å². The van der Waals surface area contributed by atoms with Gasteiger partial charge < -0.3 is 15.0 Å². The number of aromatic nitrogens is 2. The van der Waals surface area contributed by atoms with Crippen molar-refractivity contribution in [2.45, 2.75) is 32.3 Å². The molecule has 0 saturated carbocycles. The van der Waals surface area contributed by atoms with Crippen molar-refractivity contribution in [3.63, 3.8) is 0 Å². The minimum atomic E-state index is -0.267. The summed E-state index contributed by atoms with van der Waals surface area (Å²) in [6.45, 7) is 3.48. The average Bonchev–Trinajstić information content (AvgIpc) is 2.81. The number of hydrogen-bond acceptors (Lipinski definition) is 5. The number of halogens is 1. The zero-order valence-corrected chi connectivity index (χ0v) is 18.1. The molecule has 2 aromatic heterocycles. The molecular weight excluding hydrogens is 407 g/mol. The van der Waals surface area contributed by atoms with Crippen molar-refractivity contribution in [1.29, 1.82) is 0 Å². The Hall–Kier alpha value is -3.32. The molecule has 1 fully saturated rings. The monoisotopic (exact) mass is 434 g/mol. The number of nitrogens with one attached hydrogen (secondary N) is 1. The van der Waals surface area contributed by atoms with Crippen LogP contribution in [0.1, 0.15) is 35.9 Å². The molecule has 3 heterocycles. The third-order valence-corrected chi connectivity index (χ3v) is 5.43. The number of morpholine rings is 1. The number of hydrogen-bond donors (Lipinski definition) is 1. The van der Waals surface area contributed by atoms with Gasteiger partial charge in [0.25, 0.3) is 0 Å². The number of carbonyl (C=O) groups excluding carboxylic acids is 1. The van der Waals surface area contributed by atoms with E-state index in [0.717, 1.165) is 35.6 Å². The van der Waals surface area contributed by atoms with Gasteiger partial charge in [-0.15, -0.1) is 0 Å². The number of carbonyl (C=O) groups is 1. The van der Waals surface area contributed by atoms with Gasteiger partial charge in [-0.2, -0.15) is 0 Å². The molecular formula is C25H27FN4O2. The first-order chi connectivity index (χ1) is 15.6. The molecule has 4 rings (SSSR count). The molecule has 3 aromatic rings. The van der Waals surface area contributed by atoms with Crippen LogP contribution in [0.4, 0.5) is 16.0 Å². The summed E-state index contributed by atoms with van der Waals surface area (Å²) in [5.74, 6) is 1.29. The maximum absolute atomic E-state index is 13.0. The fourth-order valence-corrected chi connectivity index (χ4v) is 3.75. The van der Waals surface area contributed by atoms with Crippen molar-refractivity contribution < 1.29 is 13.9 Å². The number of nitrogens with zero attached hydrogens (tertiary/aromatic N) is 3. The second-order valence-corrected chi connectivity index (χ2v) is 7.92. The Morgan fingerprint density at radius 3 is 2.62 bits per heavy atom. The zero-order valence-electron chi connectivity index (χ0n) is 18.1. The molecule has 32 heavy (non-hydrogen) atoms. The van der Waals surface area contributed by atoms with Crippen molar-refractivity contribution in [3.05, 3.63) is 83.4 Å². The van der Waals surface area contributed by atoms with Crippen LogP contribution < -0.4 is 5.32 Å². The minimum absolute atomic E-state index is 0.110. The van der Waals surface area contributed by atoms with Crippen LogP contribution in [0.2, 0.25) is 0 Å². The molecule has 0 aliphatic carbocycles. The molecule has 1 saturated heterocycles. The third-order valence-electron chi connectivity index (χ3n) is 5.43. The van der Waals surface area contributed by atoms with E-state index in [1.807, 2.05) is 48.2 Å². The van der Waals surface area contributed by atoms with Crippen LogP contribution in [0, 0.1) is 12.7 Å². The van der Waals surface area contributed by atoms with E-state index >= 15 is 0 Å². The molecule has 1 aliphatic rings. The fraction of sp³-hybridized carbons (Fsp3) is 0.320. The Balaban J connectivity index is 1.33. The number of amides is 1. The summed E-state index contributed by atoms with van der Waals surface area (Å²) in [5.41, 5.74) is 2.75. The number of rotatable bonds is 7. The average molecular weight is 435 g/mol. The molecule has 0 spiro atoms. The van der Waals surface area contributed by atoms with Gasteiger partial charge in [-0.25, -0.2) is 14.4 Å². The van der Waals surface area contributed by atoms with E-state index in [9.17, 15) is 9.18 Å². The quantitative estimate of drug-likeness (QED) is 0.589. The molecule has 7 heteroatoms. The van der Waals surface area contributed by atoms with E-state index < -0.39 is 0 Å². The summed E-state index contributed by atoms with van der Waals surface area (Å²) in [7, 11) is 0. The first-order valence-electron chi connectivity index (χ1n) is 10.9. The molecule has 1 N–H and O–H groups in total. The summed E-state index contributed by atoms with van der Waals surface area (Å²) >= 11 is 0. The molecule has 1 unspecified atom stereocenters. The van der Waals surface area contributed by atoms with Crippen LogP contribution in [0.3, 0.4) is 0 Å². The first kappa shape index (κ1) is 21.9. The van der Waals surface area contributed by atoms with E-state index in [2.05, 4.69) is 15.3 Å². The minimum Gasteiger partial charge on any atom is -0.368 e. The van der Waals surface area contributed by atoms with Crippen LogP contribution in [-0.2, 0) is 16.0 Å². The lowest BCUT2D eigenvalue weighted by molar-refractivity contribution is -0.139. The molecule has 1 aliphatic heterocycles. The van der Waals surface area contributed by atoms with E-state index in [-0.39, 0.29) is 17.8 Å². The van der Waals surface area contributed by atoms with Gasteiger partial charge in [-0.1, -0.05) is 24.3 Å². The molecule has 1 atom stereocenters. The SMILES string of the molecule is Cc1cccc(Nc2cccc(C3CN(C(=O)CCCc4ccc(F)cc4)CCO3)n2)n1. The number of anilines is 2. The van der Waals surface area contributed by atoms with Gasteiger partial charge in [0, 0.05) is 18.7 Å². The van der Waals surface area contributed by atoms with Gasteiger partial charge in [0.1, 0.15) is 23.6 Å². The van der Waals surface area contributed by atoms with E-state index in [4.69, 9.17) is 4.74 Å². The molecule has 1 amide bonds. The highest BCUT2D eigenvalue weighted by Gasteiger charge is 2.26. The molecule has 166 valence electrons. The van der Waals surface area contributed by atoms with E-state index in [0.29, 0.717) is 31.9 Å². The van der Waals surface area contributed by atoms with Gasteiger partial charge in [-0.3, -0.25) is 4.79 Å². The fourth-order valence-electron chi connectivity index (χ4n) is 3.75. The standard InChI is InChI=1S/C25H27FN4O2/c1-18-5-2-8-23(27-18)29-24-9-4-7-21(28-24)22-17-30(15-16-32-22)25(31)10-3-6-19-11-13-20(26)14-12-19/h2,4-5,7-9,11-14,22H,3,6,10,15-17H2,1H3,(H,27,28,29). The molecule has 0 bridgehead atoms. The lowest BCUT2D eigenvalue weighted by Crippen LogP contribution is -2.42. The summed E-state index contributed by atoms with van der Waals surface area (Å²) in [6, 6.07) is 17.9. The highest BCUT2D eigenvalue weighted by Crippen LogP contribution is 2.23. The maximum Gasteiger partial charge on any atom is 0.222 e. The predicted molar refractivity (Wildman–Crippen MR) is 121 cm³/mol. The third kappa shape index (κ3) is 5.88. The van der Waals surface area contributed by atoms with Gasteiger partial charge in [-0.05, 0) is 61.7 Å². The summed E-state index contributed by atoms with van der Waals surface area (Å²) in [5, 5.41) is 3.22. The molecule has 0 radical (unpaired) electrons. The van der Waals surface area contributed by atoms with Crippen molar-refractivity contribution in [2.75, 3.05) is 25.0 Å². The Bertz CT molecular complexity index is 1060. The van der Waals surface area contributed by atoms with Crippen LogP contribution in [0.15, 0.2) is 60.7 Å². The van der Waals surface area contributed by atoms with Crippen molar-refractivity contribution in [1.82, 2.24) is 14.9 Å². The molecule has 6 nitrogen and oxygen atoms in total. The maximum atomic E-state index is 13.0. The number of aryl methyl sites for hydroxylation is 2. The van der Waals surface area contributed by atoms with Crippen molar-refractivity contribution >= 4 is 17.5 Å². The van der Waals surface area contributed by atoms with Crippen LogP contribution in [0.25, 0.3) is 0 Å². The second-order valence-electron chi connectivity index (χ2n) is 7.92. The van der Waals surface area contributed by atoms with Gasteiger partial charge in [0.15, 0.2) is 0 Å². The van der Waals surface area contributed by atoms with Crippen LogP contribution >= 0.6 is 0 Å². The van der Waals surface area contributed by atoms with Gasteiger partial charge >= 0.3 is 0 Å². The van der Waals surface area contributed by atoms with E-state index in [1.165, 1.54) is 12.1 Å². The largest absolute Gasteiger partial charge is 0.368 e. The summed E-state index contributed by atoms with van der Waals surface area (Å²) < 4.78 is 18.9. The van der Waals surface area contributed by atoms with Gasteiger partial charge in [0.2, 0.25) is 5.91 Å². The number of benzene rings is 1. The van der Waals surface area contributed by atoms with Gasteiger partial charge in [0.05, 0.1) is 18.8 Å². The lowest BCUT2D eigenvalue weighted by atomic mass is 10.1. The number of pyridine rings is 2. The summed E-state index contributed by atoms with van der Waals surface area (Å²) in [6.07, 6.45) is 1.67. The summed E-state index contributed by atoms with van der Waals surface area (Å²) in [4.78, 5) is 23.7. The normalized spacial score (nSPS) is 16.1. The Morgan fingerprint density at radius 1 is 1.09 bits per heavy atom. The molecule has 1 aromatic carbocycles. The smallest absolute Gasteiger partial charge is 0.222 e. The Kier molecular flexibility index (Phi) is 7.07. The highest BCUT2D eigenvalue weighted by molar-refractivity contribution is 5.76. The van der Waals surface area contributed by atoms with Crippen molar-refractivity contribution in [3.8, 4) is 0 Å². The van der Waals surface area contributed by atoms with E-state index in [1.54, 1.807) is 12.1 Å². The Labute approximate surface area is 187 Å². The second kappa shape index (κ2) is 10.3. The Morgan fingerprint density at radius 2 is 1.84 bits per heavy atom. The lowest BCUT2D eigenvalue weighted by Gasteiger charge is -2.33. The number of ether oxygens (including phenoxy) is 1. The van der Waals surface area contributed by atoms with Crippen molar-refractivity contribution in [2.24, 2.45) is 0 Å².